The van der Waals surface area contributed by atoms with E-state index in [2.05, 4.69) is 15.0 Å². The zero-order valence-electron chi connectivity index (χ0n) is 6.77. The minimum absolute atomic E-state index is 0.495. The second-order valence-corrected chi connectivity index (χ2v) is 2.91. The van der Waals surface area contributed by atoms with Crippen molar-refractivity contribution in [3.8, 4) is 11.3 Å². The summed E-state index contributed by atoms with van der Waals surface area (Å²) in [5.41, 5.74) is 2.02. The lowest BCUT2D eigenvalue weighted by atomic mass is 10.2. The first kappa shape index (κ1) is 8.07. The van der Waals surface area contributed by atoms with Gasteiger partial charge in [-0.05, 0) is 30.4 Å². The standard InChI is InChI=1S/C9H7N3S/c13-9-11-6-3-8(12-9)7-1-4-10-5-2-7/h1-6H,(H,11,12,13). The average Bonchev–Trinajstić information content (AvgIpc) is 2.19. The highest BCUT2D eigenvalue weighted by Gasteiger charge is 1.94. The summed E-state index contributed by atoms with van der Waals surface area (Å²) >= 11 is 4.92. The van der Waals surface area contributed by atoms with E-state index in [0.29, 0.717) is 4.77 Å². The molecule has 2 rings (SSSR count). The van der Waals surface area contributed by atoms with E-state index >= 15 is 0 Å². The van der Waals surface area contributed by atoms with Crippen LogP contribution in [0.2, 0.25) is 0 Å². The van der Waals surface area contributed by atoms with E-state index in [1.54, 1.807) is 18.6 Å². The van der Waals surface area contributed by atoms with Gasteiger partial charge in [-0.25, -0.2) is 4.98 Å². The third-order valence-corrected chi connectivity index (χ3v) is 1.87. The van der Waals surface area contributed by atoms with Gasteiger partial charge in [-0.3, -0.25) is 4.98 Å². The van der Waals surface area contributed by atoms with E-state index < -0.39 is 0 Å². The number of aromatic nitrogens is 3. The van der Waals surface area contributed by atoms with Gasteiger partial charge in [-0.1, -0.05) is 0 Å². The summed E-state index contributed by atoms with van der Waals surface area (Å²) < 4.78 is 0.495. The molecular weight excluding hydrogens is 182 g/mol. The van der Waals surface area contributed by atoms with Crippen molar-refractivity contribution in [3.05, 3.63) is 41.6 Å². The van der Waals surface area contributed by atoms with Crippen molar-refractivity contribution in [1.82, 2.24) is 15.0 Å². The molecule has 4 heteroatoms. The Bertz CT molecular complexity index is 450. The van der Waals surface area contributed by atoms with Crippen molar-refractivity contribution in [1.29, 1.82) is 0 Å². The van der Waals surface area contributed by atoms with Crippen LogP contribution in [0.5, 0.6) is 0 Å². The molecule has 0 unspecified atom stereocenters. The van der Waals surface area contributed by atoms with Gasteiger partial charge < -0.3 is 4.98 Å². The van der Waals surface area contributed by atoms with Gasteiger partial charge in [0.25, 0.3) is 0 Å². The maximum Gasteiger partial charge on any atom is 0.197 e. The molecule has 1 N–H and O–H groups in total. The maximum atomic E-state index is 4.92. The number of aromatic amines is 1. The average molecular weight is 189 g/mol. The molecule has 0 aliphatic rings. The molecule has 0 aromatic carbocycles. The van der Waals surface area contributed by atoms with Gasteiger partial charge in [-0.15, -0.1) is 0 Å². The largest absolute Gasteiger partial charge is 0.330 e. The normalized spacial score (nSPS) is 9.85. The molecule has 0 amide bonds. The topological polar surface area (TPSA) is 41.6 Å². The molecule has 13 heavy (non-hydrogen) atoms. The molecule has 64 valence electrons. The summed E-state index contributed by atoms with van der Waals surface area (Å²) in [5, 5.41) is 0. The summed E-state index contributed by atoms with van der Waals surface area (Å²) in [6.45, 7) is 0. The zero-order chi connectivity index (χ0) is 9.10. The zero-order valence-corrected chi connectivity index (χ0v) is 7.58. The quantitative estimate of drug-likeness (QED) is 0.699. The van der Waals surface area contributed by atoms with Crippen LogP contribution in [0.25, 0.3) is 11.3 Å². The molecule has 0 radical (unpaired) electrons. The predicted molar refractivity (Wildman–Crippen MR) is 52.7 cm³/mol. The number of nitrogens with one attached hydrogen (secondary N) is 1. The van der Waals surface area contributed by atoms with Crippen LogP contribution < -0.4 is 0 Å². The van der Waals surface area contributed by atoms with Gasteiger partial charge in [0.05, 0.1) is 0 Å². The fourth-order valence-corrected chi connectivity index (χ4v) is 1.24. The van der Waals surface area contributed by atoms with Gasteiger partial charge in [-0.2, -0.15) is 0 Å². The number of rotatable bonds is 1. The Balaban J connectivity index is 2.54. The lowest BCUT2D eigenvalue weighted by Gasteiger charge is -1.98. The molecule has 0 saturated heterocycles. The summed E-state index contributed by atoms with van der Waals surface area (Å²) in [6.07, 6.45) is 5.17. The van der Waals surface area contributed by atoms with Crippen LogP contribution in [0.4, 0.5) is 0 Å². The Hall–Kier alpha value is -1.55. The Morgan fingerprint density at radius 1 is 1.08 bits per heavy atom. The fraction of sp³-hybridized carbons (Fsp3) is 0. The van der Waals surface area contributed by atoms with E-state index in [0.717, 1.165) is 11.3 Å². The second-order valence-electron chi connectivity index (χ2n) is 2.52. The van der Waals surface area contributed by atoms with Crippen LogP contribution in [0.1, 0.15) is 0 Å². The Labute approximate surface area is 80.5 Å². The van der Waals surface area contributed by atoms with Crippen molar-refractivity contribution in [2.45, 2.75) is 0 Å². The SMILES string of the molecule is S=c1nccc(-c2ccncc2)[nH]1. The molecule has 0 aliphatic carbocycles. The van der Waals surface area contributed by atoms with Gasteiger partial charge in [0.2, 0.25) is 0 Å². The molecule has 0 aliphatic heterocycles. The first-order valence-corrected chi connectivity index (χ1v) is 4.23. The molecule has 3 nitrogen and oxygen atoms in total. The monoisotopic (exact) mass is 189 g/mol. The van der Waals surface area contributed by atoms with Crippen LogP contribution in [-0.4, -0.2) is 15.0 Å². The number of pyridine rings is 1. The molecule has 0 atom stereocenters. The first-order valence-electron chi connectivity index (χ1n) is 3.82. The van der Waals surface area contributed by atoms with Crippen molar-refractivity contribution in [3.63, 3.8) is 0 Å². The summed E-state index contributed by atoms with van der Waals surface area (Å²) in [6, 6.07) is 5.71. The van der Waals surface area contributed by atoms with Gasteiger partial charge in [0.1, 0.15) is 0 Å². The number of nitrogens with zero attached hydrogens (tertiary/aromatic N) is 2. The Morgan fingerprint density at radius 3 is 2.54 bits per heavy atom. The molecule has 2 aromatic heterocycles. The van der Waals surface area contributed by atoms with E-state index in [4.69, 9.17) is 12.2 Å². The lowest BCUT2D eigenvalue weighted by molar-refractivity contribution is 1.14. The summed E-state index contributed by atoms with van der Waals surface area (Å²) in [7, 11) is 0. The predicted octanol–water partition coefficient (Wildman–Crippen LogP) is 2.20. The van der Waals surface area contributed by atoms with Gasteiger partial charge >= 0.3 is 0 Å². The van der Waals surface area contributed by atoms with Gasteiger partial charge in [0, 0.05) is 29.8 Å². The number of hydrogen-bond donors (Lipinski definition) is 1. The minimum Gasteiger partial charge on any atom is -0.330 e. The van der Waals surface area contributed by atoms with Crippen LogP contribution in [0.15, 0.2) is 36.8 Å². The van der Waals surface area contributed by atoms with Crippen molar-refractivity contribution >= 4 is 12.2 Å². The number of hydrogen-bond acceptors (Lipinski definition) is 3. The Kier molecular flexibility index (Phi) is 2.14. The maximum absolute atomic E-state index is 4.92. The van der Waals surface area contributed by atoms with Crippen LogP contribution >= 0.6 is 12.2 Å². The first-order chi connectivity index (χ1) is 6.36. The molecule has 0 spiro atoms. The van der Waals surface area contributed by atoms with E-state index in [-0.39, 0.29) is 0 Å². The molecule has 0 fully saturated rings. The van der Waals surface area contributed by atoms with Gasteiger partial charge in [0.15, 0.2) is 4.77 Å². The van der Waals surface area contributed by atoms with Crippen LogP contribution in [0, 0.1) is 4.77 Å². The number of H-pyrrole nitrogens is 1. The minimum atomic E-state index is 0.495. The lowest BCUT2D eigenvalue weighted by Crippen LogP contribution is -1.85. The summed E-state index contributed by atoms with van der Waals surface area (Å²) in [4.78, 5) is 10.8. The van der Waals surface area contributed by atoms with E-state index in [1.807, 2.05) is 18.2 Å². The highest BCUT2D eigenvalue weighted by Crippen LogP contribution is 2.13. The second kappa shape index (κ2) is 3.45. The smallest absolute Gasteiger partial charge is 0.197 e. The van der Waals surface area contributed by atoms with E-state index in [1.165, 1.54) is 0 Å². The Morgan fingerprint density at radius 2 is 1.85 bits per heavy atom. The molecule has 2 aromatic rings. The molecule has 0 saturated carbocycles. The third-order valence-electron chi connectivity index (χ3n) is 1.67. The molecular formula is C9H7N3S. The van der Waals surface area contributed by atoms with Crippen LogP contribution in [-0.2, 0) is 0 Å². The van der Waals surface area contributed by atoms with Crippen LogP contribution in [0.3, 0.4) is 0 Å². The molecule has 2 heterocycles. The highest BCUT2D eigenvalue weighted by atomic mass is 32.1. The fourth-order valence-electron chi connectivity index (χ4n) is 1.07. The molecule has 0 bridgehead atoms. The van der Waals surface area contributed by atoms with Crippen molar-refractivity contribution in [2.24, 2.45) is 0 Å². The highest BCUT2D eigenvalue weighted by molar-refractivity contribution is 7.71. The van der Waals surface area contributed by atoms with Crippen molar-refractivity contribution < 1.29 is 0 Å². The summed E-state index contributed by atoms with van der Waals surface area (Å²) in [5.74, 6) is 0. The van der Waals surface area contributed by atoms with E-state index in [9.17, 15) is 0 Å². The third kappa shape index (κ3) is 1.78. The van der Waals surface area contributed by atoms with Crippen molar-refractivity contribution in [2.75, 3.05) is 0 Å².